The molecule has 1 saturated carbocycles. The van der Waals surface area contributed by atoms with Crippen LogP contribution < -0.4 is 30.3 Å². The number of furan rings is 1. The van der Waals surface area contributed by atoms with Gasteiger partial charge < -0.3 is 29.8 Å². The van der Waals surface area contributed by atoms with Gasteiger partial charge in [-0.15, -0.1) is 8.78 Å². The van der Waals surface area contributed by atoms with Gasteiger partial charge in [0, 0.05) is 62.3 Å². The normalized spacial score (nSPS) is 16.7. The number of pyridine rings is 1. The number of hydrogen-bond acceptors (Lipinski definition) is 9. The van der Waals surface area contributed by atoms with Gasteiger partial charge in [-0.2, -0.15) is 0 Å². The van der Waals surface area contributed by atoms with Crippen LogP contribution in [0.25, 0.3) is 11.3 Å². The van der Waals surface area contributed by atoms with Gasteiger partial charge in [0.2, 0.25) is 23.6 Å². The van der Waals surface area contributed by atoms with Gasteiger partial charge >= 0.3 is 6.29 Å². The number of aryl methyl sites for hydroxylation is 2. The topological polar surface area (TPSA) is 155 Å². The van der Waals surface area contributed by atoms with E-state index in [0.717, 1.165) is 31.4 Å². The predicted octanol–water partition coefficient (Wildman–Crippen LogP) is 6.35. The van der Waals surface area contributed by atoms with Crippen LogP contribution in [0.4, 0.5) is 20.5 Å². The summed E-state index contributed by atoms with van der Waals surface area (Å²) in [4.78, 5) is 60.1. The molecule has 1 aliphatic carbocycles. The number of nitrogens with one attached hydrogen (secondary N) is 3. The van der Waals surface area contributed by atoms with Crippen molar-refractivity contribution in [1.82, 2.24) is 20.5 Å². The van der Waals surface area contributed by atoms with Crippen molar-refractivity contribution >= 4 is 35.3 Å². The second-order valence-electron chi connectivity index (χ2n) is 15.3. The van der Waals surface area contributed by atoms with E-state index in [-0.39, 0.29) is 41.5 Å². The summed E-state index contributed by atoms with van der Waals surface area (Å²) < 4.78 is 42.1. The summed E-state index contributed by atoms with van der Waals surface area (Å²) in [5.41, 5.74) is 2.29. The van der Waals surface area contributed by atoms with Gasteiger partial charge in [-0.25, -0.2) is 4.98 Å². The zero-order chi connectivity index (χ0) is 41.0. The summed E-state index contributed by atoms with van der Waals surface area (Å²) >= 11 is 0. The van der Waals surface area contributed by atoms with E-state index in [9.17, 15) is 28.0 Å². The lowest BCUT2D eigenvalue weighted by Gasteiger charge is -2.35. The van der Waals surface area contributed by atoms with E-state index in [0.29, 0.717) is 91.3 Å². The van der Waals surface area contributed by atoms with Crippen LogP contribution in [0.1, 0.15) is 79.6 Å². The highest BCUT2D eigenvalue weighted by molar-refractivity contribution is 6.01. The molecule has 0 radical (unpaired) electrons. The van der Waals surface area contributed by atoms with Gasteiger partial charge in [-0.1, -0.05) is 24.3 Å². The van der Waals surface area contributed by atoms with E-state index in [1.807, 2.05) is 25.1 Å². The summed E-state index contributed by atoms with van der Waals surface area (Å²) in [6.45, 7) is 8.76. The van der Waals surface area contributed by atoms with Gasteiger partial charge in [-0.3, -0.25) is 29.0 Å². The lowest BCUT2D eigenvalue weighted by atomic mass is 9.94. The van der Waals surface area contributed by atoms with Gasteiger partial charge in [0.1, 0.15) is 11.6 Å². The van der Waals surface area contributed by atoms with Crippen molar-refractivity contribution < 1.29 is 41.8 Å². The molecular weight excluding hydrogens is 751 g/mol. The van der Waals surface area contributed by atoms with E-state index in [1.54, 1.807) is 41.3 Å². The Bertz CT molecular complexity index is 2190. The zero-order valence-electron chi connectivity index (χ0n) is 32.9. The summed E-state index contributed by atoms with van der Waals surface area (Å²) in [6, 6.07) is 19.0. The van der Waals surface area contributed by atoms with Crippen molar-refractivity contribution in [1.29, 1.82) is 0 Å². The minimum Gasteiger partial charge on any atom is -0.445 e. The first kappa shape index (κ1) is 40.4. The number of halogens is 2. The first-order chi connectivity index (χ1) is 27.8. The smallest absolute Gasteiger partial charge is 0.445 e. The molecule has 0 atom stereocenters. The van der Waals surface area contributed by atoms with E-state index in [4.69, 9.17) is 9.40 Å². The number of alkyl halides is 2. The van der Waals surface area contributed by atoms with E-state index in [1.165, 1.54) is 12.1 Å². The molecule has 7 rings (SSSR count). The molecule has 306 valence electrons. The van der Waals surface area contributed by atoms with Crippen molar-refractivity contribution in [2.45, 2.75) is 83.5 Å². The first-order valence-electron chi connectivity index (χ1n) is 19.8. The predicted molar refractivity (Wildman–Crippen MR) is 212 cm³/mol. The number of nitrogens with zero attached hydrogens (tertiary/aromatic N) is 3. The third kappa shape index (κ3) is 9.31. The van der Waals surface area contributed by atoms with Crippen molar-refractivity contribution in [3.63, 3.8) is 0 Å². The molecule has 2 aromatic carbocycles. The second-order valence-corrected chi connectivity index (χ2v) is 15.3. The number of aromatic nitrogens is 1. The average molecular weight is 799 g/mol. The molecule has 4 amide bonds. The Morgan fingerprint density at radius 1 is 0.897 bits per heavy atom. The molecule has 2 aromatic heterocycles. The maximum atomic E-state index is 13.6. The molecular formula is C43H48F2N6O7. The fraction of sp³-hybridized carbons (Fsp3) is 0.419. The molecule has 0 bridgehead atoms. The standard InChI is InChI=1S/C43H48F2N6O7/c1-27(2)50-22-23-51(37(53)26-50)38-17-13-32(56-38)12-16-36(52)46-20-5-4-6-21-47-40(54)30-9-7-8-29(24-30)39-28(3)10-15-35(48-39)49-41(55)42(18-19-42)31-11-14-33-34(25-31)58-43(44,45)57-33/h7-11,13-15,17,24-25,27H,4-6,12,16,18-23,26H2,1-3H3,(H,46,52)(H,47,54)(H,48,49,55). The number of amides is 4. The summed E-state index contributed by atoms with van der Waals surface area (Å²) in [7, 11) is 0. The summed E-state index contributed by atoms with van der Waals surface area (Å²) in [5, 5.41) is 8.80. The third-order valence-corrected chi connectivity index (χ3v) is 10.8. The number of benzene rings is 2. The molecule has 1 saturated heterocycles. The Kier molecular flexibility index (Phi) is 11.8. The SMILES string of the molecule is Cc1ccc(NC(=O)C2(c3ccc4c(c3)OC(F)(F)O4)CC2)nc1-c1cccc(C(=O)NCCCCCNC(=O)CCc2ccc(N3CCN(C(C)C)CC3=O)o2)c1. The van der Waals surface area contributed by atoms with Crippen LogP contribution in [-0.4, -0.2) is 78.6 Å². The van der Waals surface area contributed by atoms with Crippen LogP contribution in [0.2, 0.25) is 0 Å². The van der Waals surface area contributed by atoms with Crippen molar-refractivity contribution in [2.24, 2.45) is 0 Å². The number of carbonyl (C=O) groups is 4. The van der Waals surface area contributed by atoms with Crippen LogP contribution in [0, 0.1) is 6.92 Å². The lowest BCUT2D eigenvalue weighted by Crippen LogP contribution is -2.52. The molecule has 0 spiro atoms. The minimum absolute atomic E-state index is 0.00869. The van der Waals surface area contributed by atoms with Crippen LogP contribution in [0.5, 0.6) is 11.5 Å². The molecule has 3 aliphatic rings. The lowest BCUT2D eigenvalue weighted by molar-refractivity contribution is -0.286. The maximum absolute atomic E-state index is 13.6. The number of hydrogen-bond donors (Lipinski definition) is 3. The van der Waals surface area contributed by atoms with E-state index in [2.05, 4.69) is 44.2 Å². The highest BCUT2D eigenvalue weighted by Gasteiger charge is 2.53. The van der Waals surface area contributed by atoms with E-state index < -0.39 is 11.7 Å². The van der Waals surface area contributed by atoms with Crippen LogP contribution >= 0.6 is 0 Å². The Morgan fingerprint density at radius 2 is 1.67 bits per heavy atom. The molecule has 15 heteroatoms. The van der Waals surface area contributed by atoms with Crippen LogP contribution in [0.3, 0.4) is 0 Å². The third-order valence-electron chi connectivity index (χ3n) is 10.8. The number of unbranched alkanes of at least 4 members (excludes halogenated alkanes) is 2. The van der Waals surface area contributed by atoms with Gasteiger partial charge in [0.25, 0.3) is 5.91 Å². The fourth-order valence-electron chi connectivity index (χ4n) is 7.25. The fourth-order valence-corrected chi connectivity index (χ4v) is 7.25. The Labute approximate surface area is 335 Å². The monoisotopic (exact) mass is 798 g/mol. The van der Waals surface area contributed by atoms with Crippen LogP contribution in [0.15, 0.2) is 71.1 Å². The number of ether oxygens (including phenoxy) is 2. The first-order valence-corrected chi connectivity index (χ1v) is 19.8. The molecule has 0 unspecified atom stereocenters. The number of carbonyl (C=O) groups excluding carboxylic acids is 4. The van der Waals surface area contributed by atoms with Crippen molar-refractivity contribution in [2.75, 3.05) is 42.9 Å². The van der Waals surface area contributed by atoms with Crippen molar-refractivity contribution in [3.8, 4) is 22.8 Å². The van der Waals surface area contributed by atoms with Crippen LogP contribution in [-0.2, 0) is 26.2 Å². The molecule has 4 aromatic rings. The average Bonchev–Trinajstić information content (AvgIpc) is 3.77. The largest absolute Gasteiger partial charge is 0.586 e. The summed E-state index contributed by atoms with van der Waals surface area (Å²) in [6.07, 6.45) is 0.375. The number of rotatable bonds is 16. The Balaban J connectivity index is 0.823. The van der Waals surface area contributed by atoms with E-state index >= 15 is 0 Å². The highest BCUT2D eigenvalue weighted by atomic mass is 19.3. The molecule has 3 N–H and O–H groups in total. The second kappa shape index (κ2) is 16.9. The Hall–Kier alpha value is -5.83. The number of anilines is 2. The molecule has 13 nitrogen and oxygen atoms in total. The minimum atomic E-state index is -3.74. The number of fused-ring (bicyclic) bond motifs is 1. The van der Waals surface area contributed by atoms with Gasteiger partial charge in [0.15, 0.2) is 11.5 Å². The molecule has 4 heterocycles. The molecule has 2 fully saturated rings. The maximum Gasteiger partial charge on any atom is 0.586 e. The Morgan fingerprint density at radius 3 is 2.43 bits per heavy atom. The molecule has 58 heavy (non-hydrogen) atoms. The molecule has 2 aliphatic heterocycles. The zero-order valence-corrected chi connectivity index (χ0v) is 32.9. The number of piperazine rings is 1. The van der Waals surface area contributed by atoms with Gasteiger partial charge in [0.05, 0.1) is 17.7 Å². The summed E-state index contributed by atoms with van der Waals surface area (Å²) in [5.74, 6) is 0.731. The highest BCUT2D eigenvalue weighted by Crippen LogP contribution is 2.52. The van der Waals surface area contributed by atoms with Gasteiger partial charge in [-0.05, 0) is 100 Å². The van der Waals surface area contributed by atoms with Crippen molar-refractivity contribution in [3.05, 3.63) is 89.2 Å². The quantitative estimate of drug-likeness (QED) is 0.110.